The van der Waals surface area contributed by atoms with Gasteiger partial charge in [-0.15, -0.1) is 0 Å². The molecular formula is C17H26BrFN2. The molecule has 1 atom stereocenters. The van der Waals surface area contributed by atoms with Gasteiger partial charge >= 0.3 is 0 Å². The van der Waals surface area contributed by atoms with Crippen molar-refractivity contribution in [3.8, 4) is 0 Å². The van der Waals surface area contributed by atoms with Crippen molar-refractivity contribution in [2.24, 2.45) is 17.1 Å². The fraction of sp³-hybridized carbons (Fsp3) is 0.647. The molecule has 2 rings (SSSR count). The van der Waals surface area contributed by atoms with Crippen molar-refractivity contribution in [1.29, 1.82) is 0 Å². The van der Waals surface area contributed by atoms with E-state index in [0.29, 0.717) is 16.4 Å². The van der Waals surface area contributed by atoms with Gasteiger partial charge in [0.05, 0.1) is 4.47 Å². The normalized spacial score (nSPS) is 19.7. The molecule has 4 heteroatoms. The van der Waals surface area contributed by atoms with Crippen LogP contribution in [-0.2, 0) is 0 Å². The predicted molar refractivity (Wildman–Crippen MR) is 89.6 cm³/mol. The van der Waals surface area contributed by atoms with Gasteiger partial charge in [0.15, 0.2) is 0 Å². The molecule has 1 fully saturated rings. The molecule has 0 amide bonds. The van der Waals surface area contributed by atoms with E-state index in [0.717, 1.165) is 24.6 Å². The average Bonchev–Trinajstić information content (AvgIpc) is 2.43. The smallest absolute Gasteiger partial charge is 0.137 e. The van der Waals surface area contributed by atoms with Gasteiger partial charge in [0.1, 0.15) is 5.82 Å². The second kappa shape index (κ2) is 6.76. The van der Waals surface area contributed by atoms with Crippen LogP contribution in [0.3, 0.4) is 0 Å². The SMILES string of the molecule is CC(C)(C)C1CCN(C(CN)c2ccc(F)c(Br)c2)CC1. The molecule has 1 saturated heterocycles. The zero-order valence-corrected chi connectivity index (χ0v) is 14.8. The largest absolute Gasteiger partial charge is 0.329 e. The lowest BCUT2D eigenvalue weighted by Gasteiger charge is -2.41. The van der Waals surface area contributed by atoms with E-state index in [4.69, 9.17) is 5.73 Å². The quantitative estimate of drug-likeness (QED) is 0.872. The fourth-order valence-electron chi connectivity index (χ4n) is 3.29. The van der Waals surface area contributed by atoms with Crippen LogP contribution in [-0.4, -0.2) is 24.5 Å². The minimum Gasteiger partial charge on any atom is -0.329 e. The first-order valence-corrected chi connectivity index (χ1v) is 8.51. The van der Waals surface area contributed by atoms with Crippen LogP contribution in [0.25, 0.3) is 0 Å². The molecule has 21 heavy (non-hydrogen) atoms. The van der Waals surface area contributed by atoms with Gasteiger partial charge in [-0.25, -0.2) is 4.39 Å². The molecular weight excluding hydrogens is 331 g/mol. The van der Waals surface area contributed by atoms with Gasteiger partial charge in [-0.3, -0.25) is 4.90 Å². The summed E-state index contributed by atoms with van der Waals surface area (Å²) in [5, 5.41) is 0. The maximum atomic E-state index is 13.4. The highest BCUT2D eigenvalue weighted by Crippen LogP contribution is 2.36. The zero-order valence-electron chi connectivity index (χ0n) is 13.2. The highest BCUT2D eigenvalue weighted by atomic mass is 79.9. The second-order valence-electron chi connectivity index (χ2n) is 7.10. The van der Waals surface area contributed by atoms with Crippen LogP contribution in [0, 0.1) is 17.2 Å². The Hall–Kier alpha value is -0.450. The fourth-order valence-corrected chi connectivity index (χ4v) is 3.69. The summed E-state index contributed by atoms with van der Waals surface area (Å²) < 4.78 is 13.9. The molecule has 1 aromatic carbocycles. The van der Waals surface area contributed by atoms with Crippen LogP contribution in [0.5, 0.6) is 0 Å². The number of halogens is 2. The Morgan fingerprint density at radius 1 is 1.33 bits per heavy atom. The van der Waals surface area contributed by atoms with E-state index >= 15 is 0 Å². The first-order chi connectivity index (χ1) is 9.82. The Morgan fingerprint density at radius 3 is 2.43 bits per heavy atom. The Labute approximate surface area is 136 Å². The number of benzene rings is 1. The number of nitrogens with two attached hydrogens (primary N) is 1. The molecule has 0 bridgehead atoms. The summed E-state index contributed by atoms with van der Waals surface area (Å²) in [7, 11) is 0. The highest BCUT2D eigenvalue weighted by Gasteiger charge is 2.31. The van der Waals surface area contributed by atoms with Crippen LogP contribution >= 0.6 is 15.9 Å². The summed E-state index contributed by atoms with van der Waals surface area (Å²) in [6, 6.07) is 5.42. The summed E-state index contributed by atoms with van der Waals surface area (Å²) in [6.45, 7) is 9.68. The molecule has 0 aromatic heterocycles. The number of rotatable bonds is 3. The highest BCUT2D eigenvalue weighted by molar-refractivity contribution is 9.10. The van der Waals surface area contributed by atoms with Gasteiger partial charge in [0.25, 0.3) is 0 Å². The summed E-state index contributed by atoms with van der Waals surface area (Å²) in [5.41, 5.74) is 7.47. The first kappa shape index (κ1) is 16.9. The molecule has 1 heterocycles. The third-order valence-corrected chi connectivity index (χ3v) is 5.35. The summed E-state index contributed by atoms with van der Waals surface area (Å²) >= 11 is 3.27. The van der Waals surface area contributed by atoms with Crippen molar-refractivity contribution in [2.75, 3.05) is 19.6 Å². The molecule has 0 aliphatic carbocycles. The zero-order chi connectivity index (χ0) is 15.6. The van der Waals surface area contributed by atoms with Crippen LogP contribution in [0.4, 0.5) is 4.39 Å². The Bertz CT molecular complexity index is 476. The topological polar surface area (TPSA) is 29.3 Å². The molecule has 1 aromatic rings. The van der Waals surface area contributed by atoms with Crippen molar-refractivity contribution >= 4 is 15.9 Å². The van der Waals surface area contributed by atoms with Gasteiger partial charge < -0.3 is 5.73 Å². The first-order valence-electron chi connectivity index (χ1n) is 7.72. The summed E-state index contributed by atoms with van der Waals surface area (Å²) in [6.07, 6.45) is 2.42. The molecule has 0 spiro atoms. The van der Waals surface area contributed by atoms with Crippen LogP contribution < -0.4 is 5.73 Å². The molecule has 1 aliphatic heterocycles. The van der Waals surface area contributed by atoms with Crippen molar-refractivity contribution < 1.29 is 4.39 Å². The van der Waals surface area contributed by atoms with E-state index in [2.05, 4.69) is 41.6 Å². The second-order valence-corrected chi connectivity index (χ2v) is 7.96. The number of hydrogen-bond donors (Lipinski definition) is 1. The third kappa shape index (κ3) is 4.05. The van der Waals surface area contributed by atoms with Crippen LogP contribution in [0.1, 0.15) is 45.2 Å². The molecule has 2 N–H and O–H groups in total. The van der Waals surface area contributed by atoms with E-state index in [1.807, 2.05) is 12.1 Å². The number of hydrogen-bond acceptors (Lipinski definition) is 2. The van der Waals surface area contributed by atoms with Crippen molar-refractivity contribution in [1.82, 2.24) is 4.90 Å². The minimum absolute atomic E-state index is 0.183. The van der Waals surface area contributed by atoms with Gasteiger partial charge in [0, 0.05) is 12.6 Å². The molecule has 118 valence electrons. The van der Waals surface area contributed by atoms with Crippen molar-refractivity contribution in [2.45, 2.75) is 39.7 Å². The van der Waals surface area contributed by atoms with E-state index in [1.54, 1.807) is 0 Å². The molecule has 1 aliphatic rings. The standard InChI is InChI=1S/C17H26BrFN2/c1-17(2,3)13-6-8-21(9-7-13)16(11-20)12-4-5-15(19)14(18)10-12/h4-5,10,13,16H,6-9,11,20H2,1-3H3. The van der Waals surface area contributed by atoms with E-state index in [1.165, 1.54) is 18.9 Å². The maximum absolute atomic E-state index is 13.4. The van der Waals surface area contributed by atoms with Crippen molar-refractivity contribution in [3.63, 3.8) is 0 Å². The van der Waals surface area contributed by atoms with Gasteiger partial charge in [-0.2, -0.15) is 0 Å². The minimum atomic E-state index is -0.221. The lowest BCUT2D eigenvalue weighted by Crippen LogP contribution is -2.42. The predicted octanol–water partition coefficient (Wildman–Crippen LogP) is 4.35. The lowest BCUT2D eigenvalue weighted by atomic mass is 9.75. The summed E-state index contributed by atoms with van der Waals surface area (Å²) in [5.74, 6) is 0.549. The van der Waals surface area contributed by atoms with Crippen LogP contribution in [0.2, 0.25) is 0 Å². The van der Waals surface area contributed by atoms with E-state index in [-0.39, 0.29) is 11.9 Å². The Kier molecular flexibility index (Phi) is 5.44. The van der Waals surface area contributed by atoms with Crippen molar-refractivity contribution in [3.05, 3.63) is 34.1 Å². The molecule has 0 saturated carbocycles. The van der Waals surface area contributed by atoms with Gasteiger partial charge in [0.2, 0.25) is 0 Å². The van der Waals surface area contributed by atoms with Crippen LogP contribution in [0.15, 0.2) is 22.7 Å². The Morgan fingerprint density at radius 2 is 1.95 bits per heavy atom. The van der Waals surface area contributed by atoms with Gasteiger partial charge in [-0.05, 0) is 70.9 Å². The monoisotopic (exact) mass is 356 g/mol. The number of likely N-dealkylation sites (tertiary alicyclic amines) is 1. The Balaban J connectivity index is 2.07. The average molecular weight is 357 g/mol. The maximum Gasteiger partial charge on any atom is 0.137 e. The van der Waals surface area contributed by atoms with E-state index in [9.17, 15) is 4.39 Å². The lowest BCUT2D eigenvalue weighted by molar-refractivity contribution is 0.0846. The molecule has 1 unspecified atom stereocenters. The van der Waals surface area contributed by atoms with E-state index < -0.39 is 0 Å². The third-order valence-electron chi connectivity index (χ3n) is 4.75. The molecule has 2 nitrogen and oxygen atoms in total. The molecule has 0 radical (unpaired) electrons. The van der Waals surface area contributed by atoms with Gasteiger partial charge in [-0.1, -0.05) is 26.8 Å². The number of piperidine rings is 1. The summed E-state index contributed by atoms with van der Waals surface area (Å²) in [4.78, 5) is 2.45. The number of nitrogens with zero attached hydrogens (tertiary/aromatic N) is 1.